The van der Waals surface area contributed by atoms with Gasteiger partial charge >= 0.3 is 12.0 Å². The normalized spacial score (nSPS) is 24.0. The van der Waals surface area contributed by atoms with Crippen LogP contribution in [0.15, 0.2) is 0 Å². The van der Waals surface area contributed by atoms with Crippen molar-refractivity contribution in [1.29, 1.82) is 0 Å². The van der Waals surface area contributed by atoms with Crippen LogP contribution in [0.4, 0.5) is 9.18 Å². The third kappa shape index (κ3) is 3.84. The number of carbonyl (C=O) groups excluding carboxylic acids is 2. The number of nitrogens with zero attached hydrogens (tertiary/aromatic N) is 2. The van der Waals surface area contributed by atoms with E-state index in [1.54, 1.807) is 16.7 Å². The van der Waals surface area contributed by atoms with Crippen molar-refractivity contribution in [2.24, 2.45) is 5.92 Å². The number of esters is 1. The molecular weight excluding hydrogens is 263 g/mol. The Balaban J connectivity index is 1.73. The average molecular weight is 286 g/mol. The molecular formula is C14H23FN2O3. The van der Waals surface area contributed by atoms with Gasteiger partial charge in [-0.1, -0.05) is 0 Å². The van der Waals surface area contributed by atoms with Crippen molar-refractivity contribution >= 4 is 12.0 Å². The number of urea groups is 1. The van der Waals surface area contributed by atoms with Crippen molar-refractivity contribution in [2.75, 3.05) is 32.8 Å². The molecule has 0 aromatic carbocycles. The Labute approximate surface area is 119 Å². The number of hydrogen-bond donors (Lipinski definition) is 0. The summed E-state index contributed by atoms with van der Waals surface area (Å²) in [7, 11) is 0. The number of halogens is 1. The first-order valence-corrected chi connectivity index (χ1v) is 7.43. The summed E-state index contributed by atoms with van der Waals surface area (Å²) in [6.07, 6.45) is 1.65. The van der Waals surface area contributed by atoms with E-state index >= 15 is 0 Å². The molecule has 0 aliphatic carbocycles. The van der Waals surface area contributed by atoms with Crippen molar-refractivity contribution in [1.82, 2.24) is 9.80 Å². The van der Waals surface area contributed by atoms with Crippen molar-refractivity contribution in [3.05, 3.63) is 0 Å². The van der Waals surface area contributed by atoms with Gasteiger partial charge in [0, 0.05) is 26.1 Å². The first-order chi connectivity index (χ1) is 9.60. The molecule has 0 saturated carbocycles. The lowest BCUT2D eigenvalue weighted by atomic mass is 9.94. The molecule has 114 valence electrons. The topological polar surface area (TPSA) is 49.9 Å². The van der Waals surface area contributed by atoms with E-state index in [1.165, 1.54) is 0 Å². The van der Waals surface area contributed by atoms with E-state index < -0.39 is 6.17 Å². The van der Waals surface area contributed by atoms with E-state index in [1.807, 2.05) is 0 Å². The highest BCUT2D eigenvalue weighted by atomic mass is 19.1. The summed E-state index contributed by atoms with van der Waals surface area (Å²) in [5, 5.41) is 0. The van der Waals surface area contributed by atoms with Crippen LogP contribution in [0.5, 0.6) is 0 Å². The summed E-state index contributed by atoms with van der Waals surface area (Å²) in [6, 6.07) is -0.0558. The Morgan fingerprint density at radius 2 is 1.80 bits per heavy atom. The zero-order chi connectivity index (χ0) is 14.5. The smallest absolute Gasteiger partial charge is 0.320 e. The van der Waals surface area contributed by atoms with Crippen LogP contribution in [-0.4, -0.2) is 60.8 Å². The Kier molecular flexibility index (Phi) is 5.20. The number of rotatable bonds is 3. The molecule has 0 aromatic heterocycles. The lowest BCUT2D eigenvalue weighted by Gasteiger charge is -2.34. The maximum absolute atomic E-state index is 13.1. The van der Waals surface area contributed by atoms with E-state index in [-0.39, 0.29) is 18.5 Å². The van der Waals surface area contributed by atoms with Gasteiger partial charge in [-0.3, -0.25) is 4.79 Å². The van der Waals surface area contributed by atoms with Crippen molar-refractivity contribution in [2.45, 2.75) is 38.8 Å². The van der Waals surface area contributed by atoms with Crippen molar-refractivity contribution < 1.29 is 18.7 Å². The van der Waals surface area contributed by atoms with Crippen LogP contribution in [0.1, 0.15) is 32.6 Å². The van der Waals surface area contributed by atoms with Gasteiger partial charge in [-0.15, -0.1) is 0 Å². The van der Waals surface area contributed by atoms with Gasteiger partial charge in [-0.2, -0.15) is 0 Å². The van der Waals surface area contributed by atoms with Gasteiger partial charge in [0.25, 0.3) is 0 Å². The minimum Gasteiger partial charge on any atom is -0.466 e. The maximum Gasteiger partial charge on any atom is 0.320 e. The standard InChI is InChI=1S/C14H23FN2O3/c1-2-20-13(18)9-11-3-6-16(7-4-11)14(19)17-8-5-12(15)10-17/h11-12H,2-10H2,1H3/t12-/m0/s1. The molecule has 2 rings (SSSR count). The highest BCUT2D eigenvalue weighted by Crippen LogP contribution is 2.23. The molecule has 20 heavy (non-hydrogen) atoms. The third-order valence-electron chi connectivity index (χ3n) is 4.05. The number of ether oxygens (including phenoxy) is 1. The fraction of sp³-hybridized carbons (Fsp3) is 0.857. The van der Waals surface area contributed by atoms with E-state index in [0.29, 0.717) is 45.0 Å². The van der Waals surface area contributed by atoms with Crippen LogP contribution >= 0.6 is 0 Å². The molecule has 2 aliphatic rings. The van der Waals surface area contributed by atoms with Crippen molar-refractivity contribution in [3.8, 4) is 0 Å². The lowest BCUT2D eigenvalue weighted by molar-refractivity contribution is -0.144. The van der Waals surface area contributed by atoms with E-state index in [4.69, 9.17) is 4.74 Å². The number of carbonyl (C=O) groups is 2. The number of piperidine rings is 1. The Morgan fingerprint density at radius 3 is 2.35 bits per heavy atom. The van der Waals surface area contributed by atoms with Crippen LogP contribution in [0.2, 0.25) is 0 Å². The molecule has 0 bridgehead atoms. The predicted octanol–water partition coefficient (Wildman–Crippen LogP) is 1.82. The fourth-order valence-electron chi connectivity index (χ4n) is 2.88. The molecule has 2 saturated heterocycles. The first kappa shape index (κ1) is 15.1. The summed E-state index contributed by atoms with van der Waals surface area (Å²) in [4.78, 5) is 27.0. The molecule has 5 nitrogen and oxygen atoms in total. The van der Waals surface area contributed by atoms with Gasteiger partial charge in [-0.25, -0.2) is 9.18 Å². The molecule has 2 aliphatic heterocycles. The van der Waals surface area contributed by atoms with Crippen LogP contribution in [-0.2, 0) is 9.53 Å². The molecule has 0 spiro atoms. The molecule has 2 amide bonds. The summed E-state index contributed by atoms with van der Waals surface area (Å²) < 4.78 is 18.1. The van der Waals surface area contributed by atoms with Crippen LogP contribution in [0.25, 0.3) is 0 Å². The summed E-state index contributed by atoms with van der Waals surface area (Å²) >= 11 is 0. The number of hydrogen-bond acceptors (Lipinski definition) is 3. The Bertz CT molecular complexity index is 356. The zero-order valence-electron chi connectivity index (χ0n) is 12.0. The predicted molar refractivity (Wildman–Crippen MR) is 72.0 cm³/mol. The minimum absolute atomic E-state index is 0.0558. The first-order valence-electron chi connectivity index (χ1n) is 7.43. The van der Waals surface area contributed by atoms with Crippen LogP contribution in [0, 0.1) is 5.92 Å². The highest BCUT2D eigenvalue weighted by Gasteiger charge is 2.31. The monoisotopic (exact) mass is 286 g/mol. The van der Waals surface area contributed by atoms with Gasteiger partial charge < -0.3 is 14.5 Å². The largest absolute Gasteiger partial charge is 0.466 e. The fourth-order valence-corrected chi connectivity index (χ4v) is 2.88. The molecule has 0 N–H and O–H groups in total. The van der Waals surface area contributed by atoms with Gasteiger partial charge in [0.1, 0.15) is 6.17 Å². The van der Waals surface area contributed by atoms with Crippen molar-refractivity contribution in [3.63, 3.8) is 0 Å². The Morgan fingerprint density at radius 1 is 1.15 bits per heavy atom. The maximum atomic E-state index is 13.1. The van der Waals surface area contributed by atoms with E-state index in [9.17, 15) is 14.0 Å². The average Bonchev–Trinajstić information content (AvgIpc) is 2.86. The number of likely N-dealkylation sites (tertiary alicyclic amines) is 2. The third-order valence-corrected chi connectivity index (χ3v) is 4.05. The Hall–Kier alpha value is -1.33. The SMILES string of the molecule is CCOC(=O)CC1CCN(C(=O)N2CC[C@H](F)C2)CC1. The van der Waals surface area contributed by atoms with Gasteiger partial charge in [0.2, 0.25) is 0 Å². The zero-order valence-corrected chi connectivity index (χ0v) is 12.0. The molecule has 0 unspecified atom stereocenters. The van der Waals surface area contributed by atoms with Gasteiger partial charge in [-0.05, 0) is 32.1 Å². The summed E-state index contributed by atoms with van der Waals surface area (Å²) in [5.74, 6) is 0.141. The summed E-state index contributed by atoms with van der Waals surface area (Å²) in [6.45, 7) is 4.25. The van der Waals surface area contributed by atoms with Gasteiger partial charge in [0.05, 0.1) is 13.2 Å². The van der Waals surface area contributed by atoms with Crippen LogP contribution in [0.3, 0.4) is 0 Å². The highest BCUT2D eigenvalue weighted by molar-refractivity contribution is 5.75. The number of amides is 2. The molecule has 0 radical (unpaired) electrons. The molecule has 2 heterocycles. The van der Waals surface area contributed by atoms with E-state index in [2.05, 4.69) is 0 Å². The molecule has 0 aromatic rings. The van der Waals surface area contributed by atoms with Crippen LogP contribution < -0.4 is 0 Å². The second-order valence-electron chi connectivity index (χ2n) is 5.55. The molecule has 6 heteroatoms. The summed E-state index contributed by atoms with van der Waals surface area (Å²) in [5.41, 5.74) is 0. The lowest BCUT2D eigenvalue weighted by Crippen LogP contribution is -2.46. The second kappa shape index (κ2) is 6.90. The second-order valence-corrected chi connectivity index (χ2v) is 5.55. The molecule has 2 fully saturated rings. The minimum atomic E-state index is -0.875. The number of alkyl halides is 1. The quantitative estimate of drug-likeness (QED) is 0.744. The van der Waals surface area contributed by atoms with E-state index in [0.717, 1.165) is 12.8 Å². The van der Waals surface area contributed by atoms with Gasteiger partial charge in [0.15, 0.2) is 0 Å². The molecule has 1 atom stereocenters.